The Labute approximate surface area is 99.2 Å². The summed E-state index contributed by atoms with van der Waals surface area (Å²) in [6, 6.07) is 12.9. The third kappa shape index (κ3) is 3.39. The van der Waals surface area contributed by atoms with Gasteiger partial charge in [0.15, 0.2) is 0 Å². The van der Waals surface area contributed by atoms with E-state index in [4.69, 9.17) is 4.84 Å². The molecule has 0 unspecified atom stereocenters. The molecule has 2 aromatic rings. The zero-order chi connectivity index (χ0) is 11.9. The fraction of sp³-hybridized carbons (Fsp3) is 0.0769. The van der Waals surface area contributed by atoms with Crippen molar-refractivity contribution in [3.63, 3.8) is 0 Å². The van der Waals surface area contributed by atoms with Crippen molar-refractivity contribution in [1.29, 1.82) is 0 Å². The molecular weight excluding hydrogens is 216 g/mol. The molecular formula is C13H12N2O2. The third-order valence-electron chi connectivity index (χ3n) is 2.19. The van der Waals surface area contributed by atoms with Gasteiger partial charge in [-0.15, -0.1) is 0 Å². The highest BCUT2D eigenvalue weighted by Gasteiger charge is 2.03. The van der Waals surface area contributed by atoms with Gasteiger partial charge in [-0.2, -0.15) is 0 Å². The first-order valence-electron chi connectivity index (χ1n) is 5.22. The van der Waals surface area contributed by atoms with Crippen LogP contribution in [0.3, 0.4) is 0 Å². The van der Waals surface area contributed by atoms with E-state index in [2.05, 4.69) is 10.5 Å². The number of carbonyl (C=O) groups is 1. The summed E-state index contributed by atoms with van der Waals surface area (Å²) in [6.45, 7) is 0.345. The Kier molecular flexibility index (Phi) is 3.83. The normalized spacial score (nSPS) is 9.88. The van der Waals surface area contributed by atoms with Gasteiger partial charge >= 0.3 is 0 Å². The van der Waals surface area contributed by atoms with Gasteiger partial charge in [-0.3, -0.25) is 14.6 Å². The van der Waals surface area contributed by atoms with Gasteiger partial charge in [-0.1, -0.05) is 30.3 Å². The summed E-state index contributed by atoms with van der Waals surface area (Å²) in [5.41, 5.74) is 3.90. The SMILES string of the molecule is O=C(NOCc1ccccc1)c1ccncc1. The number of hydrogen-bond acceptors (Lipinski definition) is 3. The highest BCUT2D eigenvalue weighted by Crippen LogP contribution is 2.00. The van der Waals surface area contributed by atoms with E-state index in [1.165, 1.54) is 0 Å². The standard InChI is InChI=1S/C13H12N2O2/c16-13(12-6-8-14-9-7-12)15-17-10-11-4-2-1-3-5-11/h1-9H,10H2,(H,15,16). The van der Waals surface area contributed by atoms with Crippen LogP contribution in [0.4, 0.5) is 0 Å². The van der Waals surface area contributed by atoms with E-state index in [0.717, 1.165) is 5.56 Å². The monoisotopic (exact) mass is 228 g/mol. The molecule has 1 N–H and O–H groups in total. The molecule has 0 aliphatic heterocycles. The lowest BCUT2D eigenvalue weighted by Gasteiger charge is -2.05. The predicted octanol–water partition coefficient (Wildman–Crippen LogP) is 1.94. The number of nitrogens with one attached hydrogen (secondary N) is 1. The van der Waals surface area contributed by atoms with Crippen LogP contribution in [-0.4, -0.2) is 10.9 Å². The minimum absolute atomic E-state index is 0.275. The van der Waals surface area contributed by atoms with Crippen LogP contribution in [0.2, 0.25) is 0 Å². The number of aromatic nitrogens is 1. The Balaban J connectivity index is 1.82. The van der Waals surface area contributed by atoms with Crippen LogP contribution in [0.15, 0.2) is 54.9 Å². The Hall–Kier alpha value is -2.20. The molecule has 0 aliphatic rings. The zero-order valence-electron chi connectivity index (χ0n) is 9.17. The van der Waals surface area contributed by atoms with Crippen LogP contribution in [0.1, 0.15) is 15.9 Å². The third-order valence-corrected chi connectivity index (χ3v) is 2.19. The summed E-state index contributed by atoms with van der Waals surface area (Å²) in [4.78, 5) is 20.5. The van der Waals surface area contributed by atoms with Crippen LogP contribution in [0.25, 0.3) is 0 Å². The van der Waals surface area contributed by atoms with Gasteiger partial charge in [-0.25, -0.2) is 5.48 Å². The number of pyridine rings is 1. The molecule has 86 valence electrons. The van der Waals surface area contributed by atoms with Crippen LogP contribution in [-0.2, 0) is 11.4 Å². The molecule has 1 amide bonds. The van der Waals surface area contributed by atoms with Gasteiger partial charge in [0.25, 0.3) is 5.91 Å². The molecule has 4 nitrogen and oxygen atoms in total. The lowest BCUT2D eigenvalue weighted by Crippen LogP contribution is -2.23. The van der Waals surface area contributed by atoms with Gasteiger partial charge in [-0.05, 0) is 17.7 Å². The average molecular weight is 228 g/mol. The Morgan fingerprint density at radius 1 is 1.12 bits per heavy atom. The number of carbonyl (C=O) groups excluding carboxylic acids is 1. The number of rotatable bonds is 4. The highest BCUT2D eigenvalue weighted by molar-refractivity contribution is 5.93. The second-order valence-corrected chi connectivity index (χ2v) is 3.44. The molecule has 0 bridgehead atoms. The second-order valence-electron chi connectivity index (χ2n) is 3.44. The topological polar surface area (TPSA) is 51.2 Å². The van der Waals surface area contributed by atoms with Crippen molar-refractivity contribution in [3.8, 4) is 0 Å². The number of amides is 1. The van der Waals surface area contributed by atoms with E-state index in [9.17, 15) is 4.79 Å². The minimum atomic E-state index is -0.275. The molecule has 0 aliphatic carbocycles. The summed E-state index contributed by atoms with van der Waals surface area (Å²) in [7, 11) is 0. The van der Waals surface area contributed by atoms with Crippen molar-refractivity contribution in [2.24, 2.45) is 0 Å². The Morgan fingerprint density at radius 3 is 2.53 bits per heavy atom. The van der Waals surface area contributed by atoms with Crippen molar-refractivity contribution >= 4 is 5.91 Å². The van der Waals surface area contributed by atoms with Crippen LogP contribution < -0.4 is 5.48 Å². The second kappa shape index (κ2) is 5.77. The molecule has 1 aromatic carbocycles. The van der Waals surface area contributed by atoms with Gasteiger partial charge in [0, 0.05) is 18.0 Å². The first-order valence-corrected chi connectivity index (χ1v) is 5.22. The maximum Gasteiger partial charge on any atom is 0.274 e. The van der Waals surface area contributed by atoms with Crippen LogP contribution >= 0.6 is 0 Å². The average Bonchev–Trinajstić information content (AvgIpc) is 2.41. The zero-order valence-corrected chi connectivity index (χ0v) is 9.17. The molecule has 0 fully saturated rings. The molecule has 0 spiro atoms. The number of hydrogen-bond donors (Lipinski definition) is 1. The van der Waals surface area contributed by atoms with E-state index in [0.29, 0.717) is 12.2 Å². The highest BCUT2D eigenvalue weighted by atomic mass is 16.6. The molecule has 4 heteroatoms. The molecule has 1 heterocycles. The fourth-order valence-corrected chi connectivity index (χ4v) is 1.32. The smallest absolute Gasteiger partial charge is 0.269 e. The van der Waals surface area contributed by atoms with Crippen LogP contribution in [0.5, 0.6) is 0 Å². The Bertz CT molecular complexity index is 471. The first kappa shape index (κ1) is 11.3. The molecule has 0 radical (unpaired) electrons. The Morgan fingerprint density at radius 2 is 1.82 bits per heavy atom. The summed E-state index contributed by atoms with van der Waals surface area (Å²) in [5, 5.41) is 0. The maximum absolute atomic E-state index is 11.6. The van der Waals surface area contributed by atoms with E-state index in [1.54, 1.807) is 24.5 Å². The summed E-state index contributed by atoms with van der Waals surface area (Å²) >= 11 is 0. The van der Waals surface area contributed by atoms with Crippen LogP contribution in [0, 0.1) is 0 Å². The quantitative estimate of drug-likeness (QED) is 0.814. The molecule has 1 aromatic heterocycles. The van der Waals surface area contributed by atoms with Crippen molar-refractivity contribution in [3.05, 3.63) is 66.0 Å². The summed E-state index contributed by atoms with van der Waals surface area (Å²) in [5.74, 6) is -0.275. The fourth-order valence-electron chi connectivity index (χ4n) is 1.32. The number of nitrogens with zero attached hydrogens (tertiary/aromatic N) is 1. The summed E-state index contributed by atoms with van der Waals surface area (Å²) in [6.07, 6.45) is 3.12. The number of benzene rings is 1. The van der Waals surface area contributed by atoms with E-state index in [-0.39, 0.29) is 5.91 Å². The molecule has 0 atom stereocenters. The van der Waals surface area contributed by atoms with Crippen molar-refractivity contribution in [2.75, 3.05) is 0 Å². The first-order chi connectivity index (χ1) is 8.36. The van der Waals surface area contributed by atoms with Crippen molar-refractivity contribution in [2.45, 2.75) is 6.61 Å². The summed E-state index contributed by atoms with van der Waals surface area (Å²) < 4.78 is 0. The van der Waals surface area contributed by atoms with Gasteiger partial charge in [0.2, 0.25) is 0 Å². The lowest BCUT2D eigenvalue weighted by atomic mass is 10.2. The molecule has 17 heavy (non-hydrogen) atoms. The van der Waals surface area contributed by atoms with Crippen molar-refractivity contribution < 1.29 is 9.63 Å². The van der Waals surface area contributed by atoms with Gasteiger partial charge in [0.05, 0.1) is 6.61 Å². The molecule has 0 saturated carbocycles. The van der Waals surface area contributed by atoms with E-state index >= 15 is 0 Å². The van der Waals surface area contributed by atoms with E-state index in [1.807, 2.05) is 30.3 Å². The predicted molar refractivity (Wildman–Crippen MR) is 62.9 cm³/mol. The van der Waals surface area contributed by atoms with Gasteiger partial charge < -0.3 is 0 Å². The maximum atomic E-state index is 11.6. The molecule has 0 saturated heterocycles. The van der Waals surface area contributed by atoms with Crippen molar-refractivity contribution in [1.82, 2.24) is 10.5 Å². The molecule has 2 rings (SSSR count). The minimum Gasteiger partial charge on any atom is -0.269 e. The number of hydroxylamine groups is 1. The largest absolute Gasteiger partial charge is 0.274 e. The lowest BCUT2D eigenvalue weighted by molar-refractivity contribution is 0.0233. The van der Waals surface area contributed by atoms with E-state index < -0.39 is 0 Å². The van der Waals surface area contributed by atoms with Gasteiger partial charge in [0.1, 0.15) is 0 Å².